The second kappa shape index (κ2) is 16.4. The largest absolute Gasteiger partial charge is 0.335 e. The molecule has 3 heteroatoms. The van der Waals surface area contributed by atoms with E-state index < -0.39 is 0 Å². The van der Waals surface area contributed by atoms with E-state index in [4.69, 9.17) is 6.42 Å². The molecule has 0 radical (unpaired) electrons. The van der Waals surface area contributed by atoms with Gasteiger partial charge in [0.1, 0.15) is 0 Å². The van der Waals surface area contributed by atoms with Crippen molar-refractivity contribution in [2.24, 2.45) is 0 Å². The second-order valence-corrected chi connectivity index (χ2v) is 18.7. The Bertz CT molecular complexity index is 3870. The van der Waals surface area contributed by atoms with E-state index >= 15 is 0 Å². The quantitative estimate of drug-likeness (QED) is 0.0981. The Balaban J connectivity index is 0.888. The van der Waals surface area contributed by atoms with Crippen LogP contribution in [-0.4, -0.2) is 10.4 Å². The standard InChI is InChI=1S/C64H46N2S/c1-5-7-18-52-42(4)66-63-55(21-13-23-57(63)58-24-14-22-56(52)64(58)66)47-33-38-53-48(40-47)39-46(51(53)6-2)28-27-41(3)65(49-34-29-44(30-35-49)43-16-9-8-10-17-43)50-36-31-45(32-37-50)54-20-15-26-61-62(54)59-19-11-12-25-60(59)67-61/h2,5,7-38,40-41H,1,39H2,3-4H3/b18-7-,28-27-. The van der Waals surface area contributed by atoms with Gasteiger partial charge in [-0.15, -0.1) is 17.8 Å². The number of aryl methyl sites for hydroxylation is 1. The monoisotopic (exact) mass is 874 g/mol. The Kier molecular flexibility index (Phi) is 9.86. The van der Waals surface area contributed by atoms with Gasteiger partial charge in [-0.3, -0.25) is 0 Å². The first-order chi connectivity index (χ1) is 33.0. The molecule has 0 bridgehead atoms. The molecule has 3 heterocycles. The average molecular weight is 875 g/mol. The van der Waals surface area contributed by atoms with E-state index in [9.17, 15) is 0 Å². The van der Waals surface area contributed by atoms with Crippen LogP contribution < -0.4 is 4.90 Å². The molecule has 318 valence electrons. The Hall–Kier alpha value is -8.16. The number of aromatic nitrogens is 1. The van der Waals surface area contributed by atoms with Crippen molar-refractivity contribution in [2.75, 3.05) is 4.90 Å². The molecule has 0 spiro atoms. The summed E-state index contributed by atoms with van der Waals surface area (Å²) in [6, 6.07) is 64.3. The van der Waals surface area contributed by atoms with Crippen molar-refractivity contribution in [1.82, 2.24) is 4.40 Å². The van der Waals surface area contributed by atoms with Crippen molar-refractivity contribution in [2.45, 2.75) is 26.3 Å². The van der Waals surface area contributed by atoms with Gasteiger partial charge in [-0.25, -0.2) is 0 Å². The number of benzene rings is 8. The van der Waals surface area contributed by atoms with Crippen molar-refractivity contribution in [3.8, 4) is 45.7 Å². The fraction of sp³-hybridized carbons (Fsp3) is 0.0625. The van der Waals surface area contributed by atoms with Crippen molar-refractivity contribution < 1.29 is 0 Å². The Morgan fingerprint density at radius 3 is 2.01 bits per heavy atom. The number of hydrogen-bond acceptors (Lipinski definition) is 2. The molecule has 0 N–H and O–H groups in total. The summed E-state index contributed by atoms with van der Waals surface area (Å²) in [5.74, 6) is 3.10. The molecule has 1 aliphatic carbocycles. The maximum atomic E-state index is 6.37. The Morgan fingerprint density at radius 2 is 1.24 bits per heavy atom. The maximum Gasteiger partial charge on any atom is 0.0617 e. The summed E-state index contributed by atoms with van der Waals surface area (Å²) in [4.78, 5) is 2.43. The van der Waals surface area contributed by atoms with Gasteiger partial charge in [0.05, 0.1) is 11.0 Å². The summed E-state index contributed by atoms with van der Waals surface area (Å²) in [6.07, 6.45) is 17.8. The van der Waals surface area contributed by atoms with Crippen LogP contribution in [0.25, 0.3) is 92.4 Å². The normalized spacial score (nSPS) is 13.3. The van der Waals surface area contributed by atoms with Gasteiger partial charge in [0.2, 0.25) is 0 Å². The molecule has 11 aromatic rings. The number of anilines is 2. The third-order valence-electron chi connectivity index (χ3n) is 13.9. The molecule has 3 aromatic heterocycles. The predicted molar refractivity (Wildman–Crippen MR) is 290 cm³/mol. The zero-order valence-electron chi connectivity index (χ0n) is 37.5. The van der Waals surface area contributed by atoms with Crippen LogP contribution in [0.1, 0.15) is 29.3 Å². The highest BCUT2D eigenvalue weighted by Crippen LogP contribution is 2.44. The second-order valence-electron chi connectivity index (χ2n) is 17.6. The fourth-order valence-electron chi connectivity index (χ4n) is 10.7. The van der Waals surface area contributed by atoms with Crippen molar-refractivity contribution in [3.63, 3.8) is 0 Å². The topological polar surface area (TPSA) is 7.65 Å². The number of hydrogen-bond donors (Lipinski definition) is 0. The summed E-state index contributed by atoms with van der Waals surface area (Å²) in [5, 5.41) is 6.44. The number of nitrogens with zero attached hydrogens (tertiary/aromatic N) is 2. The molecule has 0 saturated carbocycles. The molecule has 12 rings (SSSR count). The molecule has 67 heavy (non-hydrogen) atoms. The summed E-state index contributed by atoms with van der Waals surface area (Å²) in [5.41, 5.74) is 19.0. The fourth-order valence-corrected chi connectivity index (χ4v) is 11.9. The molecule has 0 fully saturated rings. The zero-order valence-corrected chi connectivity index (χ0v) is 38.3. The van der Waals surface area contributed by atoms with E-state index in [-0.39, 0.29) is 6.04 Å². The summed E-state index contributed by atoms with van der Waals surface area (Å²) >= 11 is 1.86. The number of allylic oxidation sites excluding steroid dienone is 5. The van der Waals surface area contributed by atoms with E-state index in [0.29, 0.717) is 0 Å². The van der Waals surface area contributed by atoms with Gasteiger partial charge in [-0.1, -0.05) is 182 Å². The smallest absolute Gasteiger partial charge is 0.0617 e. The van der Waals surface area contributed by atoms with E-state index in [1.165, 1.54) is 103 Å². The number of terminal acetylenes is 1. The third-order valence-corrected chi connectivity index (χ3v) is 15.0. The number of fused-ring (bicyclic) bond motifs is 7. The van der Waals surface area contributed by atoms with Gasteiger partial charge < -0.3 is 9.30 Å². The van der Waals surface area contributed by atoms with E-state index in [1.807, 2.05) is 23.5 Å². The van der Waals surface area contributed by atoms with E-state index in [0.717, 1.165) is 28.9 Å². The lowest BCUT2D eigenvalue weighted by atomic mass is 9.96. The Labute approximate surface area is 395 Å². The van der Waals surface area contributed by atoms with Gasteiger partial charge in [0.15, 0.2) is 0 Å². The molecule has 1 atom stereocenters. The van der Waals surface area contributed by atoms with Crippen LogP contribution in [0.4, 0.5) is 11.4 Å². The van der Waals surface area contributed by atoms with Crippen LogP contribution in [0.3, 0.4) is 0 Å². The van der Waals surface area contributed by atoms with Crippen LogP contribution in [0.15, 0.2) is 212 Å². The minimum Gasteiger partial charge on any atom is -0.335 e. The predicted octanol–water partition coefficient (Wildman–Crippen LogP) is 17.3. The molecule has 2 nitrogen and oxygen atoms in total. The van der Waals surface area contributed by atoms with Gasteiger partial charge in [0, 0.05) is 76.1 Å². The molecular formula is C64H46N2S. The lowest BCUT2D eigenvalue weighted by Crippen LogP contribution is -2.26. The first-order valence-corrected chi connectivity index (χ1v) is 23.8. The molecule has 1 unspecified atom stereocenters. The molecule has 0 amide bonds. The first kappa shape index (κ1) is 40.4. The average Bonchev–Trinajstić information content (AvgIpc) is 4.12. The van der Waals surface area contributed by atoms with Crippen molar-refractivity contribution in [1.29, 1.82) is 0 Å². The van der Waals surface area contributed by atoms with Crippen molar-refractivity contribution >= 4 is 81.7 Å². The molecule has 0 aliphatic heterocycles. The maximum absolute atomic E-state index is 6.37. The number of thiophene rings is 1. The lowest BCUT2D eigenvalue weighted by molar-refractivity contribution is 0.863. The highest BCUT2D eigenvalue weighted by molar-refractivity contribution is 7.25. The van der Waals surface area contributed by atoms with Gasteiger partial charge in [-0.2, -0.15) is 0 Å². The van der Waals surface area contributed by atoms with Crippen LogP contribution in [0.5, 0.6) is 0 Å². The highest BCUT2D eigenvalue weighted by atomic mass is 32.1. The highest BCUT2D eigenvalue weighted by Gasteiger charge is 2.24. The molecular weight excluding hydrogens is 829 g/mol. The lowest BCUT2D eigenvalue weighted by Gasteiger charge is -2.30. The summed E-state index contributed by atoms with van der Waals surface area (Å²) in [6.45, 7) is 8.44. The molecule has 0 saturated heterocycles. The van der Waals surface area contributed by atoms with E-state index in [1.54, 1.807) is 0 Å². The van der Waals surface area contributed by atoms with Crippen molar-refractivity contribution in [3.05, 3.63) is 235 Å². The molecule has 1 aliphatic rings. The molecule has 8 aromatic carbocycles. The minimum atomic E-state index is 0.00451. The van der Waals surface area contributed by atoms with Crippen LogP contribution in [-0.2, 0) is 6.42 Å². The van der Waals surface area contributed by atoms with E-state index in [2.05, 4.69) is 230 Å². The summed E-state index contributed by atoms with van der Waals surface area (Å²) < 4.78 is 5.09. The summed E-state index contributed by atoms with van der Waals surface area (Å²) in [7, 11) is 0. The third kappa shape index (κ3) is 6.64. The number of para-hydroxylation sites is 2. The van der Waals surface area contributed by atoms with Crippen LogP contribution in [0, 0.1) is 19.3 Å². The first-order valence-electron chi connectivity index (χ1n) is 23.0. The SMILES string of the molecule is C#CC1=C(/C=C\C(C)N(c2ccc(-c3ccccc3)cc2)c2ccc(-c3cccc4sc5ccccc5c34)cc2)Cc2cc(-c3cccc4c5cccc6c(/C=C\C=C)c(C)n(c34)c65)ccc21. The van der Waals surface area contributed by atoms with Crippen LogP contribution in [0.2, 0.25) is 0 Å². The van der Waals surface area contributed by atoms with Crippen LogP contribution >= 0.6 is 11.3 Å². The van der Waals surface area contributed by atoms with Gasteiger partial charge in [-0.05, 0) is 101 Å². The zero-order chi connectivity index (χ0) is 45.2. The van der Waals surface area contributed by atoms with Gasteiger partial charge in [0.25, 0.3) is 0 Å². The Morgan fingerprint density at radius 1 is 0.612 bits per heavy atom. The minimum absolute atomic E-state index is 0.00451. The number of rotatable bonds is 10. The van der Waals surface area contributed by atoms with Gasteiger partial charge >= 0.3 is 0 Å².